The molecule has 0 saturated carbocycles. The van der Waals surface area contributed by atoms with Crippen LogP contribution in [0.5, 0.6) is 0 Å². The molecule has 15 heteroatoms. The van der Waals surface area contributed by atoms with Gasteiger partial charge in [0.1, 0.15) is 0 Å². The summed E-state index contributed by atoms with van der Waals surface area (Å²) in [6, 6.07) is 131. The second-order valence-electron chi connectivity index (χ2n) is 30.4. The molecule has 0 saturated heterocycles. The molecule has 1 aliphatic rings. The summed E-state index contributed by atoms with van der Waals surface area (Å²) < 4.78 is 9.74. The Balaban J connectivity index is 0.713. The van der Waals surface area contributed by atoms with Gasteiger partial charge in [-0.05, 0) is 83.8 Å². The van der Waals surface area contributed by atoms with Gasteiger partial charge in [0.15, 0.2) is 0 Å². The average molecular weight is 1710 g/mol. The second kappa shape index (κ2) is 30.0. The van der Waals surface area contributed by atoms with Gasteiger partial charge >= 0.3 is 443 Å². The van der Waals surface area contributed by atoms with E-state index >= 15 is 0 Å². The van der Waals surface area contributed by atoms with Crippen molar-refractivity contribution < 1.29 is 0 Å². The van der Waals surface area contributed by atoms with Crippen LogP contribution < -0.4 is 5.57 Å². The predicted octanol–water partition coefficient (Wildman–Crippen LogP) is 26.3. The van der Waals surface area contributed by atoms with E-state index in [0.717, 1.165) is 166 Å². The first-order valence-electron chi connectivity index (χ1n) is 39.9. The molecule has 122 heavy (non-hydrogen) atoms. The third-order valence-corrected chi connectivity index (χ3v) is 31.4. The molecule has 22 rings (SSSR count). The summed E-state index contributed by atoms with van der Waals surface area (Å²) in [7, 11) is 0.634. The zero-order chi connectivity index (χ0) is 81.8. The summed E-state index contributed by atoms with van der Waals surface area (Å²) in [6.07, 6.45) is 4.30. The van der Waals surface area contributed by atoms with Crippen molar-refractivity contribution in [1.82, 2.24) is 43.6 Å². The molecule has 0 bridgehead atoms. The van der Waals surface area contributed by atoms with Crippen LogP contribution in [0.25, 0.3) is 206 Å². The van der Waals surface area contributed by atoms with E-state index in [1.54, 1.807) is 0 Å². The topological polar surface area (TPSA) is 164 Å². The first kappa shape index (κ1) is 73.1. The molecule has 0 radical (unpaired) electrons. The minimum absolute atomic E-state index is 0.502. The molecule has 0 aliphatic carbocycles. The maximum absolute atomic E-state index is 10.3. The third-order valence-electron chi connectivity index (χ3n) is 23.4. The van der Waals surface area contributed by atoms with E-state index in [1.165, 1.54) is 23.7 Å². The zero-order valence-electron chi connectivity index (χ0n) is 65.5. The Hall–Kier alpha value is -15.3. The van der Waals surface area contributed by atoms with Crippen molar-refractivity contribution in [2.45, 2.75) is 6.92 Å². The summed E-state index contributed by atoms with van der Waals surface area (Å²) >= 11 is -2.32. The summed E-state index contributed by atoms with van der Waals surface area (Å²) in [5.41, 5.74) is 29.2. The third kappa shape index (κ3) is 12.5. The van der Waals surface area contributed by atoms with E-state index in [9.17, 15) is 15.8 Å². The van der Waals surface area contributed by atoms with Crippen LogP contribution in [0.3, 0.4) is 0 Å². The molecular weight excluding hydrogens is 1640 g/mol. The Morgan fingerprint density at radius 1 is 0.287 bits per heavy atom. The summed E-state index contributed by atoms with van der Waals surface area (Å²) in [4.78, 5) is 31.2. The van der Waals surface area contributed by atoms with Crippen molar-refractivity contribution in [3.63, 3.8) is 0 Å². The number of hydrogen-bond donors (Lipinski definition) is 0. The number of hydrogen-bond acceptors (Lipinski definition) is 9. The number of para-hydroxylation sites is 3. The Bertz CT molecular complexity index is 8000. The summed E-state index contributed by atoms with van der Waals surface area (Å²) in [5.74, 6) is 2.79. The Labute approximate surface area is 712 Å². The average Bonchev–Trinajstić information content (AvgIpc) is 1.56. The van der Waals surface area contributed by atoms with Crippen LogP contribution >= 0.6 is 34.4 Å². The van der Waals surface area contributed by atoms with Crippen molar-refractivity contribution in [3.05, 3.63) is 382 Å². The molecule has 1 unspecified atom stereocenters. The zero-order valence-corrected chi connectivity index (χ0v) is 69.7. The number of fused-ring (bicyclic) bond motifs is 12. The molecule has 1 aliphatic heterocycles. The molecule has 0 spiro atoms. The SMILES string of the molecule is C=Pc1nc(-c2ccccc2)nc(-c2cc(-c3ccc4c(c3)-c3cccc(-c5cc6c7ccccc7n(-c7ccc(-c8ccc9c(c8)c8ccccc8n9-c8ccccc8)cc7-c7nc(C)nc(-c8ccccc8)n7)c6cc5-c5ccc(C#N)cc5)c3I4P)ccc2-n2c3ccc(-c4cccc(C#N)c4)cc3c3cc(-c4cccc(C#N)c4)ccc32)n1. The number of nitriles is 3. The maximum atomic E-state index is 10.3. The first-order valence-corrected chi connectivity index (χ1v) is 47.3. The molecule has 570 valence electrons. The van der Waals surface area contributed by atoms with E-state index in [4.69, 9.17) is 29.9 Å². The summed E-state index contributed by atoms with van der Waals surface area (Å²) in [5, 5.41) is 36.9. The van der Waals surface area contributed by atoms with Gasteiger partial charge in [0.2, 0.25) is 0 Å². The minimum atomic E-state index is -2.32. The Kier molecular flexibility index (Phi) is 18.0. The number of nitrogens with zero attached hydrogens (tertiary/aromatic N) is 12. The molecule has 5 aromatic heterocycles. The number of benzene rings is 16. The van der Waals surface area contributed by atoms with Crippen LogP contribution in [-0.2, 0) is 0 Å². The second-order valence-corrected chi connectivity index (χ2v) is 38.1. The molecule has 0 amide bonds. The van der Waals surface area contributed by atoms with E-state index in [1.807, 2.05) is 128 Å². The van der Waals surface area contributed by atoms with Crippen molar-refractivity contribution in [1.29, 1.82) is 15.8 Å². The predicted molar refractivity (Wildman–Crippen MR) is 510 cm³/mol. The van der Waals surface area contributed by atoms with Gasteiger partial charge in [0.05, 0.1) is 34.3 Å². The number of halogens is 1. The van der Waals surface area contributed by atoms with Crippen LogP contribution in [0.4, 0.5) is 0 Å². The monoisotopic (exact) mass is 1710 g/mol. The van der Waals surface area contributed by atoms with Crippen LogP contribution in [0.2, 0.25) is 0 Å². The fraction of sp³-hybridized carbons (Fsp3) is 0.00935. The van der Waals surface area contributed by atoms with Crippen LogP contribution in [0.1, 0.15) is 22.5 Å². The van der Waals surface area contributed by atoms with Crippen molar-refractivity contribution in [3.8, 4) is 159 Å². The van der Waals surface area contributed by atoms with Gasteiger partial charge in [-0.3, -0.25) is 0 Å². The standard InChI is InChI=1S/C107H65IN12P2/c1-64-112-103(69-21-6-3-7-22-69)114-105(113-64)91-57-78(76-40-46-96-87(54-76)80-29-12-14-33-94(80)118(96)79-27-10-5-11-28-79)44-50-100(91)120-95-34-15-13-30-81(95)90-59-85(84(60-101(90)120)68-37-35-65(61-109)36-38-68)82-31-18-32-83-86-53-73(39-45-93(86)108(121)102(82)83)77-43-49-99(92(58-77)106-115-104(116-107(117-106)122-2)70-23-8-4-9-24-70)119-97-47-41-74(71-25-16-19-66(51-71)62-110)55-88(97)89-56-75(42-48-98(89)119)72-26-17-20-67(52-72)63-111/h3-60H,2,121H2,1H3. The van der Waals surface area contributed by atoms with E-state index in [0.29, 0.717) is 59.6 Å². The normalized spacial score (nSPS) is 12.0. The van der Waals surface area contributed by atoms with Crippen molar-refractivity contribution >= 4 is 112 Å². The quantitative estimate of drug-likeness (QED) is 0.0761. The van der Waals surface area contributed by atoms with Gasteiger partial charge in [0, 0.05) is 22.0 Å². The number of aromatic nitrogens is 9. The molecule has 0 N–H and O–H groups in total. The van der Waals surface area contributed by atoms with Crippen LogP contribution in [0, 0.1) is 48.1 Å². The van der Waals surface area contributed by atoms with Gasteiger partial charge in [-0.1, -0.05) is 115 Å². The fourth-order valence-corrected chi connectivity index (χ4v) is 25.4. The van der Waals surface area contributed by atoms with Gasteiger partial charge in [-0.25, -0.2) is 4.98 Å². The van der Waals surface area contributed by atoms with E-state index < -0.39 is 19.3 Å². The molecular formula is C107H65IN12P2. The van der Waals surface area contributed by atoms with Gasteiger partial charge < -0.3 is 4.57 Å². The molecule has 0 fully saturated rings. The van der Waals surface area contributed by atoms with Gasteiger partial charge in [0.25, 0.3) is 0 Å². The van der Waals surface area contributed by atoms with Gasteiger partial charge in [-0.2, -0.15) is 10.5 Å². The van der Waals surface area contributed by atoms with Crippen molar-refractivity contribution in [2.24, 2.45) is 0 Å². The van der Waals surface area contributed by atoms with E-state index in [2.05, 4.69) is 276 Å². The van der Waals surface area contributed by atoms with Crippen LogP contribution in [-0.4, -0.2) is 49.9 Å². The molecule has 1 atom stereocenters. The van der Waals surface area contributed by atoms with Crippen molar-refractivity contribution in [2.75, 3.05) is 0 Å². The first-order chi connectivity index (χ1) is 60.1. The number of rotatable bonds is 14. The Morgan fingerprint density at radius 3 is 1.25 bits per heavy atom. The van der Waals surface area contributed by atoms with E-state index in [-0.39, 0.29) is 0 Å². The van der Waals surface area contributed by atoms with Gasteiger partial charge in [-0.15, -0.1) is 0 Å². The summed E-state index contributed by atoms with van der Waals surface area (Å²) in [6.45, 7) is 5.35. The molecule has 16 aromatic carbocycles. The molecule has 6 heterocycles. The van der Waals surface area contributed by atoms with Crippen LogP contribution in [0.15, 0.2) is 352 Å². The fourth-order valence-electron chi connectivity index (χ4n) is 17.8. The Morgan fingerprint density at radius 2 is 0.689 bits per heavy atom. The molecule has 21 aromatic rings. The molecule has 12 nitrogen and oxygen atoms in total. The number of aryl methyl sites for hydroxylation is 1.